The van der Waals surface area contributed by atoms with E-state index in [2.05, 4.69) is 20.2 Å². The molecule has 0 atom stereocenters. The van der Waals surface area contributed by atoms with Crippen molar-refractivity contribution in [1.82, 2.24) is 14.9 Å². The maximum Gasteiger partial charge on any atom is 0.235 e. The molecule has 0 unspecified atom stereocenters. The van der Waals surface area contributed by atoms with Gasteiger partial charge in [0.25, 0.3) is 0 Å². The van der Waals surface area contributed by atoms with E-state index in [1.807, 2.05) is 35.8 Å². The van der Waals surface area contributed by atoms with Crippen LogP contribution in [0.15, 0.2) is 48.2 Å². The monoisotopic (exact) mass is 436 g/mol. The summed E-state index contributed by atoms with van der Waals surface area (Å²) in [5.41, 5.74) is 2.35. The summed E-state index contributed by atoms with van der Waals surface area (Å²) < 4.78 is 11.6. The smallest absolute Gasteiger partial charge is 0.235 e. The summed E-state index contributed by atoms with van der Waals surface area (Å²) in [6.07, 6.45) is 6.87. The fourth-order valence-corrected chi connectivity index (χ4v) is 5.11. The Balaban J connectivity index is 1.35. The Morgan fingerprint density at radius 2 is 1.97 bits per heavy atom. The third kappa shape index (κ3) is 3.77. The van der Waals surface area contributed by atoms with Crippen LogP contribution in [0.4, 0.5) is 5.69 Å². The molecule has 2 aromatic heterocycles. The van der Waals surface area contributed by atoms with Crippen LogP contribution in [0.5, 0.6) is 11.5 Å². The summed E-state index contributed by atoms with van der Waals surface area (Å²) in [5, 5.41) is 6.21. The van der Waals surface area contributed by atoms with Crippen molar-refractivity contribution in [2.75, 3.05) is 25.5 Å². The van der Waals surface area contributed by atoms with Crippen LogP contribution in [0.25, 0.3) is 0 Å². The molecular weight excluding hydrogens is 412 g/mol. The fraction of sp³-hybridized carbons (Fsp3) is 0.348. The van der Waals surface area contributed by atoms with Crippen LogP contribution in [0.1, 0.15) is 29.0 Å². The molecule has 1 spiro atoms. The first-order chi connectivity index (χ1) is 15.2. The summed E-state index contributed by atoms with van der Waals surface area (Å²) >= 11 is 1.67. The number of nitrogens with one attached hydrogen (secondary N) is 1. The molecule has 31 heavy (non-hydrogen) atoms. The van der Waals surface area contributed by atoms with Crippen LogP contribution < -0.4 is 14.8 Å². The van der Waals surface area contributed by atoms with Crippen molar-refractivity contribution in [1.29, 1.82) is 0 Å². The Bertz CT molecular complexity index is 1060. The van der Waals surface area contributed by atoms with E-state index in [1.165, 1.54) is 0 Å². The second-order valence-corrected chi connectivity index (χ2v) is 8.91. The van der Waals surface area contributed by atoms with Crippen molar-refractivity contribution in [3.05, 3.63) is 64.4 Å². The number of rotatable bonds is 6. The van der Waals surface area contributed by atoms with E-state index < -0.39 is 5.41 Å². The highest BCUT2D eigenvalue weighted by Crippen LogP contribution is 2.49. The Kier molecular flexibility index (Phi) is 5.33. The second-order valence-electron chi connectivity index (χ2n) is 7.93. The minimum absolute atomic E-state index is 0.0738. The summed E-state index contributed by atoms with van der Waals surface area (Å²) in [6.45, 7) is 2.96. The van der Waals surface area contributed by atoms with Crippen molar-refractivity contribution in [3.63, 3.8) is 0 Å². The number of carbonyl (C=O) groups excluding carboxylic acids is 1. The van der Waals surface area contributed by atoms with Gasteiger partial charge in [0.15, 0.2) is 11.5 Å². The highest BCUT2D eigenvalue weighted by molar-refractivity contribution is 7.09. The lowest BCUT2D eigenvalue weighted by atomic mass is 9.73. The van der Waals surface area contributed by atoms with Gasteiger partial charge in [-0.15, -0.1) is 11.3 Å². The highest BCUT2D eigenvalue weighted by Gasteiger charge is 2.49. The number of hydrogen-bond acceptors (Lipinski definition) is 7. The van der Waals surface area contributed by atoms with Crippen LogP contribution in [0.3, 0.4) is 0 Å². The lowest BCUT2D eigenvalue weighted by Gasteiger charge is -2.37. The Morgan fingerprint density at radius 3 is 2.68 bits per heavy atom. The van der Waals surface area contributed by atoms with Gasteiger partial charge in [0.05, 0.1) is 19.1 Å². The fourth-order valence-electron chi connectivity index (χ4n) is 4.45. The van der Waals surface area contributed by atoms with Gasteiger partial charge in [-0.05, 0) is 55.3 Å². The highest BCUT2D eigenvalue weighted by atomic mass is 32.1. The van der Waals surface area contributed by atoms with Crippen molar-refractivity contribution in [3.8, 4) is 11.5 Å². The zero-order valence-corrected chi connectivity index (χ0v) is 18.2. The molecule has 5 rings (SSSR count). The Morgan fingerprint density at radius 1 is 1.16 bits per heavy atom. The van der Waals surface area contributed by atoms with E-state index in [-0.39, 0.29) is 5.91 Å². The number of anilines is 1. The third-order valence-corrected chi connectivity index (χ3v) is 6.96. The average molecular weight is 437 g/mol. The topological polar surface area (TPSA) is 76.6 Å². The zero-order chi connectivity index (χ0) is 21.3. The minimum atomic E-state index is -0.508. The molecule has 2 aliphatic heterocycles. The van der Waals surface area contributed by atoms with Crippen molar-refractivity contribution >= 4 is 22.9 Å². The first-order valence-corrected chi connectivity index (χ1v) is 11.2. The zero-order valence-electron chi connectivity index (χ0n) is 17.3. The number of likely N-dealkylation sites (tertiary alicyclic amines) is 1. The van der Waals surface area contributed by atoms with Crippen LogP contribution in [-0.2, 0) is 23.4 Å². The van der Waals surface area contributed by atoms with E-state index >= 15 is 0 Å². The van der Waals surface area contributed by atoms with Crippen molar-refractivity contribution in [2.45, 2.75) is 31.4 Å². The molecule has 0 bridgehead atoms. The predicted octanol–water partition coefficient (Wildman–Crippen LogP) is 3.61. The number of ether oxygens (including phenoxy) is 2. The molecule has 1 fully saturated rings. The lowest BCUT2D eigenvalue weighted by Crippen LogP contribution is -2.46. The molecule has 1 aromatic carbocycles. The number of carbonyl (C=O) groups is 1. The molecule has 1 saturated heterocycles. The van der Waals surface area contributed by atoms with E-state index in [0.717, 1.165) is 54.3 Å². The number of fused-ring (bicyclic) bond motifs is 2. The third-order valence-electron chi connectivity index (χ3n) is 6.20. The van der Waals surface area contributed by atoms with Crippen LogP contribution in [0, 0.1) is 0 Å². The van der Waals surface area contributed by atoms with Gasteiger partial charge < -0.3 is 14.8 Å². The quantitative estimate of drug-likeness (QED) is 0.636. The number of benzene rings is 1. The van der Waals surface area contributed by atoms with Gasteiger partial charge in [-0.3, -0.25) is 14.7 Å². The second kappa shape index (κ2) is 8.28. The minimum Gasteiger partial charge on any atom is -0.493 e. The molecule has 0 aliphatic carbocycles. The van der Waals surface area contributed by atoms with E-state index in [0.29, 0.717) is 18.1 Å². The first kappa shape index (κ1) is 20.0. The molecule has 0 radical (unpaired) electrons. The molecule has 1 N–H and O–H groups in total. The number of amides is 1. The number of hydrogen-bond donors (Lipinski definition) is 1. The first-order valence-electron chi connectivity index (χ1n) is 10.3. The van der Waals surface area contributed by atoms with Crippen LogP contribution in [-0.4, -0.2) is 41.0 Å². The molecule has 1 amide bonds. The van der Waals surface area contributed by atoms with Gasteiger partial charge in [-0.1, -0.05) is 0 Å². The SMILES string of the molecule is COc1cc2c(cc1OCc1ccncc1)NC(=O)C21CCN(Cc2nccs2)CC1. The molecule has 160 valence electrons. The normalized spacial score (nSPS) is 17.4. The number of pyridine rings is 1. The van der Waals surface area contributed by atoms with Crippen molar-refractivity contribution in [2.24, 2.45) is 0 Å². The summed E-state index contributed by atoms with van der Waals surface area (Å²) in [7, 11) is 1.63. The van der Waals surface area contributed by atoms with Crippen LogP contribution in [0.2, 0.25) is 0 Å². The Hall–Kier alpha value is -2.97. The molecule has 8 heteroatoms. The number of nitrogens with zero attached hydrogens (tertiary/aromatic N) is 3. The largest absolute Gasteiger partial charge is 0.493 e. The molecule has 2 aliphatic rings. The number of thiazole rings is 1. The number of aromatic nitrogens is 2. The standard InChI is InChI=1S/C23H24N4O3S/c1-29-19-12-17-18(13-20(19)30-15-16-2-6-24-7-3-16)26-22(28)23(17)4-9-27(10-5-23)14-21-25-8-11-31-21/h2-3,6-8,11-13H,4-5,9-10,14-15H2,1H3,(H,26,28). The summed E-state index contributed by atoms with van der Waals surface area (Å²) in [4.78, 5) is 23.9. The average Bonchev–Trinajstić information content (AvgIpc) is 3.40. The van der Waals surface area contributed by atoms with Crippen molar-refractivity contribution < 1.29 is 14.3 Å². The molecule has 3 aromatic rings. The summed E-state index contributed by atoms with van der Waals surface area (Å²) in [5.74, 6) is 1.34. The molecule has 7 nitrogen and oxygen atoms in total. The van der Waals surface area contributed by atoms with E-state index in [9.17, 15) is 4.79 Å². The van der Waals surface area contributed by atoms with Crippen LogP contribution >= 0.6 is 11.3 Å². The maximum atomic E-state index is 13.1. The predicted molar refractivity (Wildman–Crippen MR) is 118 cm³/mol. The van der Waals surface area contributed by atoms with E-state index in [1.54, 1.807) is 30.8 Å². The van der Waals surface area contributed by atoms with Gasteiger partial charge in [-0.25, -0.2) is 4.98 Å². The molecule has 0 saturated carbocycles. The maximum absolute atomic E-state index is 13.1. The number of methoxy groups -OCH3 is 1. The molecular formula is C23H24N4O3S. The lowest BCUT2D eigenvalue weighted by molar-refractivity contribution is -0.122. The van der Waals surface area contributed by atoms with Gasteiger partial charge in [0, 0.05) is 35.7 Å². The summed E-state index contributed by atoms with van der Waals surface area (Å²) in [6, 6.07) is 7.70. The Labute approximate surface area is 185 Å². The van der Waals surface area contributed by atoms with Gasteiger partial charge in [0.1, 0.15) is 11.6 Å². The van der Waals surface area contributed by atoms with Gasteiger partial charge in [0.2, 0.25) is 5.91 Å². The molecule has 4 heterocycles. The van der Waals surface area contributed by atoms with E-state index in [4.69, 9.17) is 9.47 Å². The number of piperidine rings is 1. The van der Waals surface area contributed by atoms with Gasteiger partial charge >= 0.3 is 0 Å². The van der Waals surface area contributed by atoms with Gasteiger partial charge in [-0.2, -0.15) is 0 Å².